The van der Waals surface area contributed by atoms with E-state index in [1.807, 2.05) is 42.5 Å². The largest absolute Gasteiger partial charge is 0.436 e. The predicted molar refractivity (Wildman–Crippen MR) is 79.8 cm³/mol. The molecule has 5 heteroatoms. The van der Waals surface area contributed by atoms with E-state index in [1.165, 1.54) is 0 Å². The average molecular weight is 364 g/mol. The first-order valence-electron chi connectivity index (χ1n) is 5.64. The zero-order valence-corrected chi connectivity index (χ0v) is 11.9. The number of carbonyl (C=O) groups is 1. The van der Waals surface area contributed by atoms with Crippen LogP contribution in [-0.2, 0) is 0 Å². The number of fused-ring (bicyclic) bond motifs is 1. The van der Waals surface area contributed by atoms with Gasteiger partial charge in [0.15, 0.2) is 12.0 Å². The molecule has 19 heavy (non-hydrogen) atoms. The van der Waals surface area contributed by atoms with Crippen molar-refractivity contribution in [2.24, 2.45) is 0 Å². The van der Waals surface area contributed by atoms with Gasteiger partial charge in [0.2, 0.25) is 5.88 Å². The van der Waals surface area contributed by atoms with Crippen LogP contribution in [0.3, 0.4) is 0 Å². The fourth-order valence-corrected chi connectivity index (χ4v) is 2.30. The third kappa shape index (κ3) is 2.21. The van der Waals surface area contributed by atoms with Crippen LogP contribution in [0.25, 0.3) is 5.65 Å². The van der Waals surface area contributed by atoms with Gasteiger partial charge in [-0.3, -0.25) is 9.20 Å². The van der Waals surface area contributed by atoms with Gasteiger partial charge in [-0.1, -0.05) is 18.2 Å². The summed E-state index contributed by atoms with van der Waals surface area (Å²) in [7, 11) is 0. The van der Waals surface area contributed by atoms with Gasteiger partial charge >= 0.3 is 0 Å². The highest BCUT2D eigenvalue weighted by atomic mass is 127. The van der Waals surface area contributed by atoms with Gasteiger partial charge in [-0.2, -0.15) is 4.98 Å². The number of benzene rings is 1. The van der Waals surface area contributed by atoms with Crippen LogP contribution in [0.1, 0.15) is 10.5 Å². The van der Waals surface area contributed by atoms with Crippen molar-refractivity contribution in [3.05, 3.63) is 57.9 Å². The summed E-state index contributed by atoms with van der Waals surface area (Å²) in [6.45, 7) is 0. The standard InChI is InChI=1S/C14H9IN2O2/c15-10-5-1-2-6-12(10)19-14-11(9-18)17-8-4-3-7-13(17)16-14/h1-9H. The zero-order valence-electron chi connectivity index (χ0n) is 9.79. The van der Waals surface area contributed by atoms with Crippen molar-refractivity contribution in [1.82, 2.24) is 9.38 Å². The van der Waals surface area contributed by atoms with Crippen LogP contribution in [0.4, 0.5) is 0 Å². The molecule has 4 nitrogen and oxygen atoms in total. The van der Waals surface area contributed by atoms with E-state index < -0.39 is 0 Å². The van der Waals surface area contributed by atoms with E-state index in [0.29, 0.717) is 23.0 Å². The number of rotatable bonds is 3. The molecule has 0 spiro atoms. The van der Waals surface area contributed by atoms with Crippen LogP contribution >= 0.6 is 22.6 Å². The molecule has 2 heterocycles. The molecule has 0 saturated carbocycles. The summed E-state index contributed by atoms with van der Waals surface area (Å²) < 4.78 is 8.42. The van der Waals surface area contributed by atoms with Crippen molar-refractivity contribution in [2.45, 2.75) is 0 Å². The number of hydrogen-bond acceptors (Lipinski definition) is 3. The first-order valence-corrected chi connectivity index (χ1v) is 6.72. The molecule has 3 rings (SSSR count). The van der Waals surface area contributed by atoms with Gasteiger partial charge in [-0.25, -0.2) is 0 Å². The Balaban J connectivity index is 2.10. The van der Waals surface area contributed by atoms with Gasteiger partial charge in [0.25, 0.3) is 0 Å². The second-order valence-corrected chi connectivity index (χ2v) is 5.04. The molecule has 0 unspecified atom stereocenters. The number of hydrogen-bond donors (Lipinski definition) is 0. The van der Waals surface area contributed by atoms with Gasteiger partial charge in [0, 0.05) is 6.20 Å². The molecule has 3 aromatic rings. The minimum atomic E-state index is 0.324. The molecule has 0 aliphatic rings. The molecular formula is C14H9IN2O2. The maximum Gasteiger partial charge on any atom is 0.249 e. The molecule has 0 bridgehead atoms. The van der Waals surface area contributed by atoms with Crippen molar-refractivity contribution in [2.75, 3.05) is 0 Å². The monoisotopic (exact) mass is 364 g/mol. The summed E-state index contributed by atoms with van der Waals surface area (Å²) in [6, 6.07) is 13.1. The molecule has 94 valence electrons. The van der Waals surface area contributed by atoms with Crippen LogP contribution in [0.5, 0.6) is 11.6 Å². The van der Waals surface area contributed by atoms with E-state index in [2.05, 4.69) is 27.6 Å². The molecule has 0 aliphatic heterocycles. The Morgan fingerprint density at radius 3 is 2.74 bits per heavy atom. The minimum Gasteiger partial charge on any atom is -0.436 e. The maximum absolute atomic E-state index is 11.2. The third-order valence-electron chi connectivity index (χ3n) is 2.69. The number of para-hydroxylation sites is 1. The molecule has 0 N–H and O–H groups in total. The molecular weight excluding hydrogens is 355 g/mol. The van der Waals surface area contributed by atoms with E-state index in [4.69, 9.17) is 4.74 Å². The predicted octanol–water partition coefficient (Wildman–Crippen LogP) is 3.54. The Morgan fingerprint density at radius 2 is 1.95 bits per heavy atom. The lowest BCUT2D eigenvalue weighted by atomic mass is 10.3. The summed E-state index contributed by atoms with van der Waals surface area (Å²) in [5.74, 6) is 1.01. The van der Waals surface area contributed by atoms with Crippen molar-refractivity contribution < 1.29 is 9.53 Å². The Labute approximate surface area is 123 Å². The van der Waals surface area contributed by atoms with E-state index in [0.717, 1.165) is 9.86 Å². The molecule has 0 amide bonds. The normalized spacial score (nSPS) is 10.6. The lowest BCUT2D eigenvalue weighted by Gasteiger charge is -2.04. The van der Waals surface area contributed by atoms with Gasteiger partial charge in [-0.05, 0) is 46.9 Å². The summed E-state index contributed by atoms with van der Waals surface area (Å²) in [5.41, 5.74) is 1.10. The second kappa shape index (κ2) is 5.00. The summed E-state index contributed by atoms with van der Waals surface area (Å²) >= 11 is 2.18. The highest BCUT2D eigenvalue weighted by molar-refractivity contribution is 14.1. The molecule has 1 aromatic carbocycles. The van der Waals surface area contributed by atoms with Crippen molar-refractivity contribution in [3.63, 3.8) is 0 Å². The number of carbonyl (C=O) groups excluding carboxylic acids is 1. The minimum absolute atomic E-state index is 0.324. The maximum atomic E-state index is 11.2. The van der Waals surface area contributed by atoms with Crippen LogP contribution in [0, 0.1) is 3.57 Å². The number of nitrogens with zero attached hydrogens (tertiary/aromatic N) is 2. The Morgan fingerprint density at radius 1 is 1.16 bits per heavy atom. The van der Waals surface area contributed by atoms with E-state index in [1.54, 1.807) is 10.6 Å². The highest BCUT2D eigenvalue weighted by Crippen LogP contribution is 2.28. The van der Waals surface area contributed by atoms with Crippen molar-refractivity contribution in [3.8, 4) is 11.6 Å². The zero-order chi connectivity index (χ0) is 13.2. The van der Waals surface area contributed by atoms with Gasteiger partial charge < -0.3 is 4.74 Å². The van der Waals surface area contributed by atoms with E-state index >= 15 is 0 Å². The fourth-order valence-electron chi connectivity index (χ4n) is 1.81. The number of pyridine rings is 1. The van der Waals surface area contributed by atoms with E-state index in [-0.39, 0.29) is 0 Å². The fraction of sp³-hybridized carbons (Fsp3) is 0. The molecule has 2 aromatic heterocycles. The quantitative estimate of drug-likeness (QED) is 0.528. The summed E-state index contributed by atoms with van der Waals surface area (Å²) in [5, 5.41) is 0. The smallest absolute Gasteiger partial charge is 0.249 e. The van der Waals surface area contributed by atoms with Crippen molar-refractivity contribution >= 4 is 34.5 Å². The Kier molecular flexibility index (Phi) is 3.20. The van der Waals surface area contributed by atoms with Crippen LogP contribution < -0.4 is 4.74 Å². The first kappa shape index (κ1) is 12.2. The van der Waals surface area contributed by atoms with Gasteiger partial charge in [0.05, 0.1) is 3.57 Å². The average Bonchev–Trinajstić information content (AvgIpc) is 2.78. The summed E-state index contributed by atoms with van der Waals surface area (Å²) in [4.78, 5) is 15.6. The first-order chi connectivity index (χ1) is 9.29. The lowest BCUT2D eigenvalue weighted by Crippen LogP contribution is -1.93. The van der Waals surface area contributed by atoms with Gasteiger partial charge in [0.1, 0.15) is 11.4 Å². The molecule has 0 aliphatic carbocycles. The molecule has 0 saturated heterocycles. The number of aromatic nitrogens is 2. The second-order valence-electron chi connectivity index (χ2n) is 3.88. The lowest BCUT2D eigenvalue weighted by molar-refractivity contribution is 0.111. The number of ether oxygens (including phenoxy) is 1. The van der Waals surface area contributed by atoms with Crippen LogP contribution in [0.2, 0.25) is 0 Å². The SMILES string of the molecule is O=Cc1c(Oc2ccccc2I)nc2ccccn12. The number of halogens is 1. The van der Waals surface area contributed by atoms with E-state index in [9.17, 15) is 4.79 Å². The van der Waals surface area contributed by atoms with Crippen molar-refractivity contribution in [1.29, 1.82) is 0 Å². The molecule has 0 fully saturated rings. The molecule has 0 atom stereocenters. The number of aldehydes is 1. The Hall–Kier alpha value is -1.89. The van der Waals surface area contributed by atoms with Gasteiger partial charge in [-0.15, -0.1) is 0 Å². The van der Waals surface area contributed by atoms with Crippen LogP contribution in [-0.4, -0.2) is 15.7 Å². The number of imidazole rings is 1. The summed E-state index contributed by atoms with van der Waals surface area (Å²) in [6.07, 6.45) is 2.54. The third-order valence-corrected chi connectivity index (χ3v) is 3.58. The molecule has 0 radical (unpaired) electrons. The van der Waals surface area contributed by atoms with Crippen LogP contribution in [0.15, 0.2) is 48.7 Å². The topological polar surface area (TPSA) is 43.6 Å². The Bertz CT molecular complexity index is 752. The highest BCUT2D eigenvalue weighted by Gasteiger charge is 2.14.